The zero-order valence-corrected chi connectivity index (χ0v) is 9.44. The number of nitrogen functional groups attached to an aromatic ring is 1. The zero-order valence-electron chi connectivity index (χ0n) is 6.27. The van der Waals surface area contributed by atoms with Gasteiger partial charge in [0.2, 0.25) is 0 Å². The molecule has 4 nitrogen and oxygen atoms in total. The number of carbonyl (C=O) groups excluding carboxylic acids is 1. The smallest absolute Gasteiger partial charge is 0.281 e. The SMILES string of the molecule is Cn1c(C(=O)NN)cc(Br)c1Br. The summed E-state index contributed by atoms with van der Waals surface area (Å²) < 4.78 is 3.32. The Morgan fingerprint density at radius 1 is 1.67 bits per heavy atom. The normalized spacial score (nSPS) is 10.0. The van der Waals surface area contributed by atoms with Crippen molar-refractivity contribution < 1.29 is 4.79 Å². The molecular formula is C6H7Br2N3O. The van der Waals surface area contributed by atoms with Gasteiger partial charge in [-0.3, -0.25) is 10.2 Å². The highest BCUT2D eigenvalue weighted by Crippen LogP contribution is 2.25. The molecule has 0 radical (unpaired) electrons. The second kappa shape index (κ2) is 3.59. The van der Waals surface area contributed by atoms with Gasteiger partial charge in [0, 0.05) is 7.05 Å². The van der Waals surface area contributed by atoms with Gasteiger partial charge in [0.05, 0.1) is 9.08 Å². The highest BCUT2D eigenvalue weighted by atomic mass is 79.9. The Balaban J connectivity index is 3.17. The van der Waals surface area contributed by atoms with Crippen molar-refractivity contribution in [3.63, 3.8) is 0 Å². The Morgan fingerprint density at radius 3 is 2.58 bits per heavy atom. The fourth-order valence-electron chi connectivity index (χ4n) is 0.834. The molecule has 1 aromatic heterocycles. The van der Waals surface area contributed by atoms with Crippen LogP contribution in [-0.2, 0) is 7.05 Å². The molecule has 3 N–H and O–H groups in total. The van der Waals surface area contributed by atoms with Gasteiger partial charge in [-0.2, -0.15) is 0 Å². The molecule has 0 aromatic carbocycles. The number of hydrazine groups is 1. The summed E-state index contributed by atoms with van der Waals surface area (Å²) >= 11 is 6.57. The van der Waals surface area contributed by atoms with E-state index in [-0.39, 0.29) is 5.91 Å². The van der Waals surface area contributed by atoms with Crippen LogP contribution in [0.15, 0.2) is 15.1 Å². The van der Waals surface area contributed by atoms with Crippen molar-refractivity contribution in [1.29, 1.82) is 0 Å². The van der Waals surface area contributed by atoms with Crippen molar-refractivity contribution in [2.45, 2.75) is 0 Å². The molecule has 0 aliphatic rings. The molecule has 0 unspecified atom stereocenters. The summed E-state index contributed by atoms with van der Waals surface area (Å²) in [5, 5.41) is 0. The first-order valence-electron chi connectivity index (χ1n) is 3.09. The molecule has 1 aromatic rings. The molecule has 1 amide bonds. The molecule has 1 rings (SSSR count). The number of rotatable bonds is 1. The number of nitrogens with one attached hydrogen (secondary N) is 1. The second-order valence-electron chi connectivity index (χ2n) is 2.20. The van der Waals surface area contributed by atoms with Gasteiger partial charge in [-0.1, -0.05) is 0 Å². The Morgan fingerprint density at radius 2 is 2.25 bits per heavy atom. The van der Waals surface area contributed by atoms with E-state index in [2.05, 4.69) is 37.3 Å². The van der Waals surface area contributed by atoms with Crippen molar-refractivity contribution in [3.05, 3.63) is 20.8 Å². The quantitative estimate of drug-likeness (QED) is 0.464. The van der Waals surface area contributed by atoms with E-state index in [0.29, 0.717) is 5.69 Å². The lowest BCUT2D eigenvalue weighted by Gasteiger charge is -2.01. The van der Waals surface area contributed by atoms with Crippen molar-refractivity contribution in [2.75, 3.05) is 0 Å². The van der Waals surface area contributed by atoms with E-state index in [1.165, 1.54) is 0 Å². The summed E-state index contributed by atoms with van der Waals surface area (Å²) in [6.45, 7) is 0. The minimum absolute atomic E-state index is 0.316. The van der Waals surface area contributed by atoms with E-state index in [9.17, 15) is 4.79 Å². The molecule has 0 bridgehead atoms. The van der Waals surface area contributed by atoms with E-state index in [4.69, 9.17) is 5.84 Å². The zero-order chi connectivity index (χ0) is 9.30. The number of aromatic nitrogens is 1. The third kappa shape index (κ3) is 1.55. The Labute approximate surface area is 86.3 Å². The van der Waals surface area contributed by atoms with Crippen LogP contribution in [0.3, 0.4) is 0 Å². The lowest BCUT2D eigenvalue weighted by molar-refractivity contribution is 0.0945. The standard InChI is InChI=1S/C6H7Br2N3O/c1-11-4(6(12)10-9)2-3(7)5(11)8/h2H,9H2,1H3,(H,10,12). The molecule has 12 heavy (non-hydrogen) atoms. The maximum absolute atomic E-state index is 11.1. The van der Waals surface area contributed by atoms with E-state index in [0.717, 1.165) is 9.08 Å². The summed E-state index contributed by atoms with van der Waals surface area (Å²) in [7, 11) is 1.76. The van der Waals surface area contributed by atoms with Crippen LogP contribution in [0.5, 0.6) is 0 Å². The molecule has 66 valence electrons. The average molecular weight is 297 g/mol. The predicted molar refractivity (Wildman–Crippen MR) is 52.5 cm³/mol. The second-order valence-corrected chi connectivity index (χ2v) is 3.81. The maximum atomic E-state index is 11.1. The van der Waals surface area contributed by atoms with Gasteiger partial charge < -0.3 is 4.57 Å². The van der Waals surface area contributed by atoms with Crippen molar-refractivity contribution >= 4 is 37.8 Å². The third-order valence-corrected chi connectivity index (χ3v) is 3.58. The lowest BCUT2D eigenvalue weighted by Crippen LogP contribution is -2.31. The van der Waals surface area contributed by atoms with Gasteiger partial charge in [0.15, 0.2) is 0 Å². The maximum Gasteiger partial charge on any atom is 0.281 e. The predicted octanol–water partition coefficient (Wildman–Crippen LogP) is 1.15. The van der Waals surface area contributed by atoms with E-state index in [1.54, 1.807) is 17.7 Å². The van der Waals surface area contributed by atoms with Crippen LogP contribution in [0.4, 0.5) is 0 Å². The number of hydrogen-bond donors (Lipinski definition) is 2. The third-order valence-electron chi connectivity index (χ3n) is 1.48. The van der Waals surface area contributed by atoms with Crippen LogP contribution in [0.2, 0.25) is 0 Å². The number of nitrogens with two attached hydrogens (primary N) is 1. The number of amides is 1. The largest absolute Gasteiger partial charge is 0.333 e. The summed E-state index contributed by atoms with van der Waals surface area (Å²) in [6, 6.07) is 1.69. The van der Waals surface area contributed by atoms with Crippen LogP contribution in [0.1, 0.15) is 10.5 Å². The van der Waals surface area contributed by atoms with Crippen LogP contribution >= 0.6 is 31.9 Å². The Bertz CT molecular complexity index is 321. The minimum atomic E-state index is -0.316. The van der Waals surface area contributed by atoms with E-state index >= 15 is 0 Å². The van der Waals surface area contributed by atoms with Crippen LogP contribution < -0.4 is 11.3 Å². The molecule has 6 heteroatoms. The summed E-state index contributed by atoms with van der Waals surface area (Å²) in [4.78, 5) is 11.1. The van der Waals surface area contributed by atoms with Crippen molar-refractivity contribution in [1.82, 2.24) is 9.99 Å². The summed E-state index contributed by atoms with van der Waals surface area (Å²) in [5.74, 6) is 4.67. The van der Waals surface area contributed by atoms with Crippen molar-refractivity contribution in [2.24, 2.45) is 12.9 Å². The first kappa shape index (κ1) is 9.76. The first-order valence-corrected chi connectivity index (χ1v) is 4.68. The summed E-state index contributed by atoms with van der Waals surface area (Å²) in [6.07, 6.45) is 0. The van der Waals surface area contributed by atoms with Crippen molar-refractivity contribution in [3.8, 4) is 0 Å². The van der Waals surface area contributed by atoms with Crippen LogP contribution in [0.25, 0.3) is 0 Å². The monoisotopic (exact) mass is 295 g/mol. The van der Waals surface area contributed by atoms with Gasteiger partial charge in [0.1, 0.15) is 5.69 Å². The van der Waals surface area contributed by atoms with Gasteiger partial charge >= 0.3 is 0 Å². The minimum Gasteiger partial charge on any atom is -0.333 e. The molecule has 0 saturated heterocycles. The molecule has 0 spiro atoms. The summed E-state index contributed by atoms with van der Waals surface area (Å²) in [5.41, 5.74) is 2.56. The van der Waals surface area contributed by atoms with Crippen LogP contribution in [0, 0.1) is 0 Å². The highest BCUT2D eigenvalue weighted by molar-refractivity contribution is 9.13. The number of halogens is 2. The first-order chi connectivity index (χ1) is 5.57. The Hall–Kier alpha value is -0.330. The van der Waals surface area contributed by atoms with E-state index < -0.39 is 0 Å². The Kier molecular flexibility index (Phi) is 2.92. The average Bonchev–Trinajstić information content (AvgIpc) is 2.32. The highest BCUT2D eigenvalue weighted by Gasteiger charge is 2.13. The number of hydrogen-bond acceptors (Lipinski definition) is 2. The fraction of sp³-hybridized carbons (Fsp3) is 0.167. The topological polar surface area (TPSA) is 60.0 Å². The van der Waals surface area contributed by atoms with Gasteiger partial charge in [0.25, 0.3) is 5.91 Å². The van der Waals surface area contributed by atoms with Gasteiger partial charge in [-0.25, -0.2) is 5.84 Å². The molecule has 0 atom stereocenters. The molecular weight excluding hydrogens is 290 g/mol. The van der Waals surface area contributed by atoms with E-state index in [1.807, 2.05) is 0 Å². The molecule has 0 aliphatic heterocycles. The number of nitrogens with zero attached hydrogens (tertiary/aromatic N) is 1. The number of carbonyl (C=O) groups is 1. The lowest BCUT2D eigenvalue weighted by atomic mass is 10.4. The molecule has 0 fully saturated rings. The fourth-order valence-corrected chi connectivity index (χ4v) is 1.62. The van der Waals surface area contributed by atoms with Crippen LogP contribution in [-0.4, -0.2) is 10.5 Å². The molecule has 0 saturated carbocycles. The van der Waals surface area contributed by atoms with Gasteiger partial charge in [-0.15, -0.1) is 0 Å². The molecule has 0 aliphatic carbocycles. The molecule has 1 heterocycles. The van der Waals surface area contributed by atoms with Gasteiger partial charge in [-0.05, 0) is 37.9 Å².